The lowest BCUT2D eigenvalue weighted by molar-refractivity contribution is -0.127. The number of anilines is 1. The van der Waals surface area contributed by atoms with E-state index in [1.165, 1.54) is 0 Å². The zero-order chi connectivity index (χ0) is 13.7. The summed E-state index contributed by atoms with van der Waals surface area (Å²) in [5, 5.41) is 6.79. The van der Waals surface area contributed by atoms with E-state index in [0.717, 1.165) is 23.1 Å². The largest absolute Gasteiger partial charge is 0.361 e. The molecule has 19 heavy (non-hydrogen) atoms. The van der Waals surface area contributed by atoms with Crippen LogP contribution in [0.25, 0.3) is 0 Å². The number of nitrogens with one attached hydrogen (secondary N) is 2. The Hall–Kier alpha value is -1.14. The highest BCUT2D eigenvalue weighted by Crippen LogP contribution is 2.13. The molecule has 0 aliphatic carbocycles. The van der Waals surface area contributed by atoms with Gasteiger partial charge >= 0.3 is 0 Å². The lowest BCUT2D eigenvalue weighted by Crippen LogP contribution is -2.37. The molecule has 0 aromatic heterocycles. The number of likely N-dealkylation sites (tertiary alicyclic amines) is 1. The van der Waals surface area contributed by atoms with E-state index in [0.29, 0.717) is 24.6 Å². The molecule has 1 heterocycles. The van der Waals surface area contributed by atoms with Gasteiger partial charge in [-0.25, -0.2) is 0 Å². The maximum atomic E-state index is 11.4. The lowest BCUT2D eigenvalue weighted by Gasteiger charge is -2.17. The van der Waals surface area contributed by atoms with Gasteiger partial charge in [0, 0.05) is 36.2 Å². The molecule has 1 aromatic rings. The molecule has 4 nitrogen and oxygen atoms in total. The van der Waals surface area contributed by atoms with Crippen molar-refractivity contribution in [1.82, 2.24) is 10.2 Å². The van der Waals surface area contributed by atoms with Crippen molar-refractivity contribution in [1.29, 1.82) is 0 Å². The summed E-state index contributed by atoms with van der Waals surface area (Å²) in [6.07, 6.45) is 1.65. The molecule has 2 rings (SSSR count). The third-order valence-electron chi connectivity index (χ3n) is 2.94. The minimum Gasteiger partial charge on any atom is -0.361 e. The molecular weight excluding hydrogens is 326 g/mol. The van der Waals surface area contributed by atoms with E-state index in [9.17, 15) is 4.79 Å². The van der Waals surface area contributed by atoms with Crippen molar-refractivity contribution in [2.75, 3.05) is 25.0 Å². The fourth-order valence-corrected chi connectivity index (χ4v) is 2.44. The number of hydrogen-bond acceptors (Lipinski definition) is 2. The second-order valence-electron chi connectivity index (χ2n) is 4.37. The van der Waals surface area contributed by atoms with Crippen molar-refractivity contribution in [3.05, 3.63) is 28.7 Å². The van der Waals surface area contributed by atoms with E-state index in [2.05, 4.69) is 26.6 Å². The number of carbonyl (C=O) groups is 1. The van der Waals surface area contributed by atoms with E-state index in [4.69, 9.17) is 12.2 Å². The maximum absolute atomic E-state index is 11.4. The van der Waals surface area contributed by atoms with Crippen molar-refractivity contribution in [3.63, 3.8) is 0 Å². The predicted octanol–water partition coefficient (Wildman–Crippen LogP) is 2.36. The summed E-state index contributed by atoms with van der Waals surface area (Å²) in [6.45, 7) is 2.25. The van der Waals surface area contributed by atoms with E-state index < -0.39 is 0 Å². The molecule has 0 unspecified atom stereocenters. The Labute approximate surface area is 126 Å². The second-order valence-corrected chi connectivity index (χ2v) is 5.70. The van der Waals surface area contributed by atoms with Gasteiger partial charge in [-0.3, -0.25) is 4.79 Å². The van der Waals surface area contributed by atoms with E-state index in [-0.39, 0.29) is 5.91 Å². The highest BCUT2D eigenvalue weighted by atomic mass is 79.9. The van der Waals surface area contributed by atoms with E-state index in [1.54, 1.807) is 0 Å². The molecule has 6 heteroatoms. The number of hydrogen-bond donors (Lipinski definition) is 2. The number of halogens is 1. The fraction of sp³-hybridized carbons (Fsp3) is 0.385. The van der Waals surface area contributed by atoms with E-state index >= 15 is 0 Å². The predicted molar refractivity (Wildman–Crippen MR) is 84.2 cm³/mol. The average molecular weight is 342 g/mol. The number of benzene rings is 1. The summed E-state index contributed by atoms with van der Waals surface area (Å²) < 4.78 is 1.03. The smallest absolute Gasteiger partial charge is 0.222 e. The minimum atomic E-state index is 0.244. The molecule has 2 N–H and O–H groups in total. The molecule has 0 atom stereocenters. The van der Waals surface area contributed by atoms with Gasteiger partial charge in [0.1, 0.15) is 0 Å². The highest BCUT2D eigenvalue weighted by molar-refractivity contribution is 9.10. The Morgan fingerprint density at radius 3 is 2.74 bits per heavy atom. The summed E-state index contributed by atoms with van der Waals surface area (Å²) >= 11 is 8.58. The van der Waals surface area contributed by atoms with Crippen LogP contribution in [-0.2, 0) is 4.79 Å². The molecule has 1 amide bonds. The first-order chi connectivity index (χ1) is 9.15. The maximum Gasteiger partial charge on any atom is 0.222 e. The number of rotatable bonds is 4. The van der Waals surface area contributed by atoms with Crippen LogP contribution < -0.4 is 10.6 Å². The Morgan fingerprint density at radius 1 is 1.37 bits per heavy atom. The second kappa shape index (κ2) is 6.86. The van der Waals surface area contributed by atoms with Gasteiger partial charge in [-0.1, -0.05) is 15.9 Å². The molecule has 1 aliphatic rings. The molecule has 1 fully saturated rings. The van der Waals surface area contributed by atoms with Crippen molar-refractivity contribution in [2.45, 2.75) is 12.8 Å². The SMILES string of the molecule is O=C1CCCN1CCNC(=S)Nc1ccc(Br)cc1. The van der Waals surface area contributed by atoms with Crippen LogP contribution in [0, 0.1) is 0 Å². The minimum absolute atomic E-state index is 0.244. The van der Waals surface area contributed by atoms with Crippen molar-refractivity contribution < 1.29 is 4.79 Å². The van der Waals surface area contributed by atoms with Crippen LogP contribution in [0.5, 0.6) is 0 Å². The molecule has 0 bridgehead atoms. The summed E-state index contributed by atoms with van der Waals surface area (Å²) in [5.41, 5.74) is 0.943. The molecule has 0 saturated carbocycles. The summed E-state index contributed by atoms with van der Waals surface area (Å²) in [7, 11) is 0. The van der Waals surface area contributed by atoms with Crippen LogP contribution in [0.1, 0.15) is 12.8 Å². The Morgan fingerprint density at radius 2 is 2.11 bits per heavy atom. The van der Waals surface area contributed by atoms with Gasteiger partial charge in [-0.05, 0) is 42.9 Å². The van der Waals surface area contributed by atoms with Crippen LogP contribution >= 0.6 is 28.1 Å². The Kier molecular flexibility index (Phi) is 5.15. The van der Waals surface area contributed by atoms with Crippen LogP contribution in [0.3, 0.4) is 0 Å². The summed E-state index contributed by atoms with van der Waals surface area (Å²) in [6, 6.07) is 7.80. The van der Waals surface area contributed by atoms with Crippen LogP contribution in [0.4, 0.5) is 5.69 Å². The third kappa shape index (κ3) is 4.47. The van der Waals surface area contributed by atoms with Crippen LogP contribution in [-0.4, -0.2) is 35.6 Å². The lowest BCUT2D eigenvalue weighted by atomic mass is 10.3. The molecule has 1 saturated heterocycles. The van der Waals surface area contributed by atoms with Gasteiger partial charge in [-0.2, -0.15) is 0 Å². The standard InChI is InChI=1S/C13H16BrN3OS/c14-10-3-5-11(6-4-10)16-13(19)15-7-9-17-8-1-2-12(17)18/h3-6H,1-2,7-9H2,(H2,15,16,19). The average Bonchev–Trinajstić information content (AvgIpc) is 2.78. The molecular formula is C13H16BrN3OS. The Bertz CT molecular complexity index is 463. The first-order valence-corrected chi connectivity index (χ1v) is 7.43. The van der Waals surface area contributed by atoms with Crippen LogP contribution in [0.15, 0.2) is 28.7 Å². The molecule has 1 aromatic carbocycles. The quantitative estimate of drug-likeness (QED) is 0.825. The number of thiocarbonyl (C=S) groups is 1. The van der Waals surface area contributed by atoms with Crippen LogP contribution in [0.2, 0.25) is 0 Å². The molecule has 1 aliphatic heterocycles. The van der Waals surface area contributed by atoms with Gasteiger partial charge in [-0.15, -0.1) is 0 Å². The Balaban J connectivity index is 1.69. The van der Waals surface area contributed by atoms with Gasteiger partial charge in [0.2, 0.25) is 5.91 Å². The number of carbonyl (C=O) groups excluding carboxylic acids is 1. The highest BCUT2D eigenvalue weighted by Gasteiger charge is 2.18. The van der Waals surface area contributed by atoms with Gasteiger partial charge in [0.25, 0.3) is 0 Å². The third-order valence-corrected chi connectivity index (χ3v) is 3.72. The topological polar surface area (TPSA) is 44.4 Å². The fourth-order valence-electron chi connectivity index (χ4n) is 1.95. The van der Waals surface area contributed by atoms with Crippen molar-refractivity contribution in [3.8, 4) is 0 Å². The number of nitrogens with zero attached hydrogens (tertiary/aromatic N) is 1. The number of amides is 1. The van der Waals surface area contributed by atoms with Crippen molar-refractivity contribution >= 4 is 44.9 Å². The molecule has 0 spiro atoms. The monoisotopic (exact) mass is 341 g/mol. The van der Waals surface area contributed by atoms with Gasteiger partial charge in [0.05, 0.1) is 0 Å². The molecule has 102 valence electrons. The molecule has 0 radical (unpaired) electrons. The first kappa shape index (κ1) is 14.3. The summed E-state index contributed by atoms with van der Waals surface area (Å²) in [4.78, 5) is 13.3. The normalized spacial score (nSPS) is 14.6. The van der Waals surface area contributed by atoms with Crippen molar-refractivity contribution in [2.24, 2.45) is 0 Å². The summed E-state index contributed by atoms with van der Waals surface area (Å²) in [5.74, 6) is 0.244. The zero-order valence-corrected chi connectivity index (χ0v) is 12.9. The van der Waals surface area contributed by atoms with E-state index in [1.807, 2.05) is 29.2 Å². The van der Waals surface area contributed by atoms with Gasteiger partial charge < -0.3 is 15.5 Å². The van der Waals surface area contributed by atoms with Gasteiger partial charge in [0.15, 0.2) is 5.11 Å². The first-order valence-electron chi connectivity index (χ1n) is 6.23. The zero-order valence-electron chi connectivity index (χ0n) is 10.5.